The zero-order valence-electron chi connectivity index (χ0n) is 10.7. The summed E-state index contributed by atoms with van der Waals surface area (Å²) in [5.41, 5.74) is -0.0124. The number of hydrogen-bond donors (Lipinski definition) is 2. The molecule has 0 atom stereocenters. The summed E-state index contributed by atoms with van der Waals surface area (Å²) in [6.45, 7) is 0. The van der Waals surface area contributed by atoms with Crippen LogP contribution >= 0.6 is 11.6 Å². The van der Waals surface area contributed by atoms with Gasteiger partial charge in [0.25, 0.3) is 10.0 Å². The molecule has 2 N–H and O–H groups in total. The Bertz CT molecular complexity index is 723. The molecule has 0 amide bonds. The van der Waals surface area contributed by atoms with Gasteiger partial charge < -0.3 is 9.84 Å². The van der Waals surface area contributed by atoms with E-state index >= 15 is 0 Å². The van der Waals surface area contributed by atoms with Gasteiger partial charge in [-0.3, -0.25) is 9.40 Å². The number of halogens is 1. The van der Waals surface area contributed by atoms with Crippen LogP contribution in [0.3, 0.4) is 0 Å². The number of anilines is 1. The number of phenols is 1. The molecule has 0 bridgehead atoms. The van der Waals surface area contributed by atoms with Crippen LogP contribution in [0.4, 0.5) is 5.69 Å². The number of aromatic hydroxyl groups is 1. The predicted molar refractivity (Wildman–Crippen MR) is 73.7 cm³/mol. The van der Waals surface area contributed by atoms with E-state index in [0.717, 1.165) is 4.68 Å². The molecule has 0 aliphatic carbocycles. The van der Waals surface area contributed by atoms with Crippen LogP contribution < -0.4 is 9.46 Å². The largest absolute Gasteiger partial charge is 0.506 e. The van der Waals surface area contributed by atoms with E-state index in [0.29, 0.717) is 5.75 Å². The summed E-state index contributed by atoms with van der Waals surface area (Å²) < 4.78 is 32.8. The smallest absolute Gasteiger partial charge is 0.280 e. The number of aryl methyl sites for hydroxylation is 1. The molecule has 0 fully saturated rings. The lowest BCUT2D eigenvalue weighted by molar-refractivity contribution is 0.413. The molecule has 0 spiro atoms. The number of rotatable bonds is 4. The van der Waals surface area contributed by atoms with Crippen molar-refractivity contribution in [3.8, 4) is 11.5 Å². The van der Waals surface area contributed by atoms with Crippen molar-refractivity contribution in [1.29, 1.82) is 0 Å². The third-order valence-electron chi connectivity index (χ3n) is 2.55. The molecule has 9 heteroatoms. The molecule has 0 saturated carbocycles. The highest BCUT2D eigenvalue weighted by Gasteiger charge is 2.24. The number of nitrogens with one attached hydrogen (secondary N) is 1. The van der Waals surface area contributed by atoms with Gasteiger partial charge in [0.1, 0.15) is 11.5 Å². The van der Waals surface area contributed by atoms with Crippen molar-refractivity contribution in [2.75, 3.05) is 11.8 Å². The number of sulfonamides is 1. The quantitative estimate of drug-likeness (QED) is 0.835. The molecule has 0 aliphatic rings. The summed E-state index contributed by atoms with van der Waals surface area (Å²) in [6.07, 6.45) is 1.22. The Hall–Kier alpha value is -1.93. The van der Waals surface area contributed by atoms with Gasteiger partial charge in [0.05, 0.1) is 24.0 Å². The van der Waals surface area contributed by atoms with E-state index < -0.39 is 10.0 Å². The number of hydrogen-bond acceptors (Lipinski definition) is 5. The normalized spacial score (nSPS) is 11.3. The number of benzene rings is 1. The first-order valence-electron chi connectivity index (χ1n) is 5.42. The Labute approximate surface area is 120 Å². The first-order chi connectivity index (χ1) is 9.35. The Morgan fingerprint density at radius 1 is 1.45 bits per heavy atom. The lowest BCUT2D eigenvalue weighted by atomic mass is 10.3. The molecule has 2 aromatic rings. The highest BCUT2D eigenvalue weighted by molar-refractivity contribution is 7.92. The topological polar surface area (TPSA) is 93.4 Å². The van der Waals surface area contributed by atoms with E-state index in [9.17, 15) is 13.5 Å². The monoisotopic (exact) mass is 317 g/mol. The second-order valence-electron chi connectivity index (χ2n) is 3.91. The van der Waals surface area contributed by atoms with Crippen molar-refractivity contribution >= 4 is 27.3 Å². The zero-order valence-corrected chi connectivity index (χ0v) is 12.2. The van der Waals surface area contributed by atoms with Crippen LogP contribution in [0, 0.1) is 0 Å². The van der Waals surface area contributed by atoms with Crippen LogP contribution in [0.1, 0.15) is 0 Å². The van der Waals surface area contributed by atoms with Crippen molar-refractivity contribution in [2.24, 2.45) is 7.05 Å². The fraction of sp³-hybridized carbons (Fsp3) is 0.182. The first kappa shape index (κ1) is 14.5. The van der Waals surface area contributed by atoms with Crippen LogP contribution in [-0.2, 0) is 17.1 Å². The summed E-state index contributed by atoms with van der Waals surface area (Å²) in [7, 11) is -1.09. The van der Waals surface area contributed by atoms with Crippen molar-refractivity contribution in [3.63, 3.8) is 0 Å². The molecule has 108 valence electrons. The van der Waals surface area contributed by atoms with Crippen molar-refractivity contribution in [2.45, 2.75) is 5.03 Å². The third-order valence-corrected chi connectivity index (χ3v) is 4.42. The molecule has 7 nitrogen and oxygen atoms in total. The van der Waals surface area contributed by atoms with Gasteiger partial charge in [-0.05, 0) is 12.1 Å². The fourth-order valence-corrected chi connectivity index (χ4v) is 3.34. The number of methoxy groups -OCH3 is 1. The van der Waals surface area contributed by atoms with Crippen molar-refractivity contribution < 1.29 is 18.3 Å². The molecule has 0 radical (unpaired) electrons. The number of nitrogens with zero attached hydrogens (tertiary/aromatic N) is 2. The maximum atomic E-state index is 12.2. The van der Waals surface area contributed by atoms with Gasteiger partial charge >= 0.3 is 0 Å². The molecular formula is C11H12ClN3O4S. The van der Waals surface area contributed by atoms with Gasteiger partial charge in [-0.2, -0.15) is 13.5 Å². The van der Waals surface area contributed by atoms with Crippen LogP contribution in [0.5, 0.6) is 11.5 Å². The second kappa shape index (κ2) is 5.22. The molecule has 1 heterocycles. The number of ether oxygens (including phenoxy) is 1. The average molecular weight is 318 g/mol. The van der Waals surface area contributed by atoms with Gasteiger partial charge in [0, 0.05) is 13.1 Å². The van der Waals surface area contributed by atoms with E-state index in [-0.39, 0.29) is 21.5 Å². The van der Waals surface area contributed by atoms with Gasteiger partial charge in [-0.15, -0.1) is 0 Å². The maximum absolute atomic E-state index is 12.2. The van der Waals surface area contributed by atoms with Crippen molar-refractivity contribution in [3.05, 3.63) is 29.4 Å². The lowest BCUT2D eigenvalue weighted by Crippen LogP contribution is -2.17. The van der Waals surface area contributed by atoms with E-state index in [2.05, 4.69) is 9.82 Å². The third kappa shape index (κ3) is 2.66. The van der Waals surface area contributed by atoms with Gasteiger partial charge in [-0.1, -0.05) is 11.6 Å². The molecule has 20 heavy (non-hydrogen) atoms. The van der Waals surface area contributed by atoms with Gasteiger partial charge in [-0.25, -0.2) is 0 Å². The van der Waals surface area contributed by atoms with Crippen LogP contribution in [0.15, 0.2) is 29.4 Å². The van der Waals surface area contributed by atoms with Crippen LogP contribution in [-0.4, -0.2) is 30.4 Å². The minimum absolute atomic E-state index is 0.0117. The second-order valence-corrected chi connectivity index (χ2v) is 5.91. The summed E-state index contributed by atoms with van der Waals surface area (Å²) in [6, 6.07) is 4.18. The standard InChI is InChI=1S/C11H12ClN3O4S/c1-15-11(8(12)6-13-15)20(17,18)14-9-5-7(19-2)3-4-10(9)16/h3-6,14,16H,1-2H3. The summed E-state index contributed by atoms with van der Waals surface area (Å²) in [5, 5.41) is 13.2. The molecule has 1 aromatic heterocycles. The lowest BCUT2D eigenvalue weighted by Gasteiger charge is -2.11. The van der Waals surface area contributed by atoms with E-state index in [1.54, 1.807) is 0 Å². The molecular weight excluding hydrogens is 306 g/mol. The van der Waals surface area contributed by atoms with E-state index in [1.807, 2.05) is 0 Å². The summed E-state index contributed by atoms with van der Waals surface area (Å²) in [5.74, 6) is 0.171. The number of phenolic OH excluding ortho intramolecular Hbond substituents is 1. The van der Waals surface area contributed by atoms with E-state index in [1.165, 1.54) is 38.6 Å². The summed E-state index contributed by atoms with van der Waals surface area (Å²) in [4.78, 5) is 0. The Morgan fingerprint density at radius 3 is 2.70 bits per heavy atom. The Balaban J connectivity index is 2.43. The minimum Gasteiger partial charge on any atom is -0.506 e. The SMILES string of the molecule is COc1ccc(O)c(NS(=O)(=O)c2c(Cl)cnn2C)c1. The molecule has 1 aromatic carbocycles. The highest BCUT2D eigenvalue weighted by Crippen LogP contribution is 2.31. The highest BCUT2D eigenvalue weighted by atomic mass is 35.5. The zero-order chi connectivity index (χ0) is 14.9. The Morgan fingerprint density at radius 2 is 2.15 bits per heavy atom. The van der Waals surface area contributed by atoms with Crippen LogP contribution in [0.2, 0.25) is 5.02 Å². The van der Waals surface area contributed by atoms with Crippen molar-refractivity contribution in [1.82, 2.24) is 9.78 Å². The summed E-state index contributed by atoms with van der Waals surface area (Å²) >= 11 is 5.80. The van der Waals surface area contributed by atoms with Crippen LogP contribution in [0.25, 0.3) is 0 Å². The molecule has 0 aliphatic heterocycles. The Kier molecular flexibility index (Phi) is 3.78. The number of aromatic nitrogens is 2. The van der Waals surface area contributed by atoms with Gasteiger partial charge in [0.15, 0.2) is 5.03 Å². The molecule has 2 rings (SSSR count). The maximum Gasteiger partial charge on any atom is 0.280 e. The minimum atomic E-state index is -3.98. The predicted octanol–water partition coefficient (Wildman–Crippen LogP) is 1.59. The van der Waals surface area contributed by atoms with E-state index in [4.69, 9.17) is 16.3 Å². The fourth-order valence-electron chi connectivity index (χ4n) is 1.62. The van der Waals surface area contributed by atoms with Gasteiger partial charge in [0.2, 0.25) is 0 Å². The molecule has 0 saturated heterocycles. The first-order valence-corrected chi connectivity index (χ1v) is 7.28. The molecule has 0 unspecified atom stereocenters. The average Bonchev–Trinajstić information content (AvgIpc) is 2.72.